The number of aryl methyl sites for hydroxylation is 2. The Bertz CT molecular complexity index is 225. The molecular weight excluding hydrogens is 222 g/mol. The average molecular weight is 234 g/mol. The van der Waals surface area contributed by atoms with Gasteiger partial charge < -0.3 is 0 Å². The Morgan fingerprint density at radius 1 is 1.55 bits per heavy atom. The van der Waals surface area contributed by atoms with Gasteiger partial charge in [0.25, 0.3) is 0 Å². The van der Waals surface area contributed by atoms with E-state index in [0.29, 0.717) is 4.83 Å². The van der Waals surface area contributed by atoms with Crippen LogP contribution >= 0.6 is 27.3 Å². The van der Waals surface area contributed by atoms with Gasteiger partial charge in [0.15, 0.2) is 0 Å². The van der Waals surface area contributed by atoms with E-state index in [0.717, 1.165) is 6.42 Å². The van der Waals surface area contributed by atoms with Gasteiger partial charge in [-0.25, -0.2) is 4.98 Å². The Balaban J connectivity index is 2.88. The molecule has 1 rings (SSSR count). The Morgan fingerprint density at radius 2 is 2.18 bits per heavy atom. The van der Waals surface area contributed by atoms with Crippen molar-refractivity contribution in [1.29, 1.82) is 0 Å². The summed E-state index contributed by atoms with van der Waals surface area (Å²) in [5, 5.41) is 1.21. The van der Waals surface area contributed by atoms with E-state index in [4.69, 9.17) is 0 Å². The van der Waals surface area contributed by atoms with Gasteiger partial charge in [-0.3, -0.25) is 0 Å². The van der Waals surface area contributed by atoms with Crippen LogP contribution in [0.2, 0.25) is 0 Å². The predicted molar refractivity (Wildman–Crippen MR) is 53.5 cm³/mol. The maximum atomic E-state index is 4.45. The minimum Gasteiger partial charge on any atom is -0.245 e. The molecule has 1 heterocycles. The monoisotopic (exact) mass is 233 g/mol. The van der Waals surface area contributed by atoms with Crippen molar-refractivity contribution in [3.8, 4) is 0 Å². The lowest BCUT2D eigenvalue weighted by Gasteiger charge is -1.98. The van der Waals surface area contributed by atoms with Gasteiger partial charge in [0.2, 0.25) is 0 Å². The number of thiazole rings is 1. The zero-order chi connectivity index (χ0) is 8.43. The molecule has 0 spiro atoms. The minimum atomic E-state index is 0.444. The number of hydrogen-bond acceptors (Lipinski definition) is 2. The predicted octanol–water partition coefficient (Wildman–Crippen LogP) is 3.61. The number of halogens is 1. The highest BCUT2D eigenvalue weighted by Crippen LogP contribution is 2.30. The third-order valence-electron chi connectivity index (χ3n) is 1.67. The molecule has 0 fully saturated rings. The second-order valence-corrected chi connectivity index (χ2v) is 4.91. The summed E-state index contributed by atoms with van der Waals surface area (Å²) in [4.78, 5) is 6.23. The zero-order valence-electron chi connectivity index (χ0n) is 7.02. The van der Waals surface area contributed by atoms with E-state index in [1.807, 2.05) is 0 Å². The Kier molecular flexibility index (Phi) is 3.07. The molecule has 0 aliphatic rings. The minimum absolute atomic E-state index is 0.444. The van der Waals surface area contributed by atoms with Gasteiger partial charge in [0.1, 0.15) is 5.01 Å². The van der Waals surface area contributed by atoms with Gasteiger partial charge in [-0.1, -0.05) is 22.9 Å². The second-order valence-electron chi connectivity index (χ2n) is 2.57. The quantitative estimate of drug-likeness (QED) is 0.712. The molecule has 3 heteroatoms. The van der Waals surface area contributed by atoms with E-state index in [9.17, 15) is 0 Å². The average Bonchev–Trinajstić information content (AvgIpc) is 2.31. The van der Waals surface area contributed by atoms with Gasteiger partial charge in [0, 0.05) is 4.88 Å². The molecule has 0 amide bonds. The van der Waals surface area contributed by atoms with Crippen LogP contribution in [0.3, 0.4) is 0 Å². The molecule has 1 aromatic rings. The molecule has 0 radical (unpaired) electrons. The molecule has 1 unspecified atom stereocenters. The van der Waals surface area contributed by atoms with E-state index in [-0.39, 0.29) is 0 Å². The van der Waals surface area contributed by atoms with Crippen molar-refractivity contribution in [2.75, 3.05) is 0 Å². The standard InChI is InChI=1S/C8H12BrNS/c1-4-7(9)8-10-5(2)6(3)11-8/h7H,4H2,1-3H3. The fraction of sp³-hybridized carbons (Fsp3) is 0.625. The molecule has 0 saturated heterocycles. The van der Waals surface area contributed by atoms with Crippen LogP contribution in [0.4, 0.5) is 0 Å². The molecular formula is C8H12BrNS. The van der Waals surface area contributed by atoms with Gasteiger partial charge in [-0.15, -0.1) is 11.3 Å². The number of hydrogen-bond donors (Lipinski definition) is 0. The highest BCUT2D eigenvalue weighted by molar-refractivity contribution is 9.09. The lowest BCUT2D eigenvalue weighted by molar-refractivity contribution is 0.893. The largest absolute Gasteiger partial charge is 0.245 e. The summed E-state index contributed by atoms with van der Waals surface area (Å²) in [6, 6.07) is 0. The molecule has 1 aromatic heterocycles. The zero-order valence-corrected chi connectivity index (χ0v) is 9.42. The van der Waals surface area contributed by atoms with Crippen LogP contribution in [0.1, 0.15) is 33.8 Å². The summed E-state index contributed by atoms with van der Waals surface area (Å²) in [5.74, 6) is 0. The van der Waals surface area contributed by atoms with Crippen LogP contribution in [0, 0.1) is 13.8 Å². The molecule has 0 aromatic carbocycles. The molecule has 62 valence electrons. The molecule has 1 nitrogen and oxygen atoms in total. The molecule has 0 N–H and O–H groups in total. The van der Waals surface area contributed by atoms with Crippen molar-refractivity contribution >= 4 is 27.3 Å². The van der Waals surface area contributed by atoms with Crippen molar-refractivity contribution in [2.24, 2.45) is 0 Å². The van der Waals surface area contributed by atoms with Gasteiger partial charge in [0.05, 0.1) is 10.5 Å². The summed E-state index contributed by atoms with van der Waals surface area (Å²) in [5.41, 5.74) is 1.17. The van der Waals surface area contributed by atoms with Crippen molar-refractivity contribution < 1.29 is 0 Å². The maximum absolute atomic E-state index is 4.45. The number of rotatable bonds is 2. The van der Waals surface area contributed by atoms with Crippen LogP contribution < -0.4 is 0 Å². The van der Waals surface area contributed by atoms with Gasteiger partial charge >= 0.3 is 0 Å². The molecule has 0 aliphatic heterocycles. The molecule has 1 atom stereocenters. The lowest BCUT2D eigenvalue weighted by atomic mass is 10.3. The second kappa shape index (κ2) is 3.68. The topological polar surface area (TPSA) is 12.9 Å². The van der Waals surface area contributed by atoms with E-state index in [1.54, 1.807) is 11.3 Å². The van der Waals surface area contributed by atoms with Crippen molar-refractivity contribution in [3.05, 3.63) is 15.6 Å². The summed E-state index contributed by atoms with van der Waals surface area (Å²) in [6.07, 6.45) is 1.10. The normalized spacial score (nSPS) is 13.5. The first kappa shape index (κ1) is 9.20. The number of alkyl halides is 1. The third kappa shape index (κ3) is 2.03. The molecule has 11 heavy (non-hydrogen) atoms. The van der Waals surface area contributed by atoms with Crippen LogP contribution in [0.5, 0.6) is 0 Å². The summed E-state index contributed by atoms with van der Waals surface area (Å²) >= 11 is 5.37. The lowest BCUT2D eigenvalue weighted by Crippen LogP contribution is -1.85. The fourth-order valence-corrected chi connectivity index (χ4v) is 2.17. The fourth-order valence-electron chi connectivity index (χ4n) is 0.806. The highest BCUT2D eigenvalue weighted by atomic mass is 79.9. The first-order chi connectivity index (χ1) is 5.15. The van der Waals surface area contributed by atoms with Crippen LogP contribution in [-0.4, -0.2) is 4.98 Å². The summed E-state index contributed by atoms with van der Waals surface area (Å²) in [7, 11) is 0. The van der Waals surface area contributed by atoms with Crippen molar-refractivity contribution in [1.82, 2.24) is 4.98 Å². The summed E-state index contributed by atoms with van der Waals surface area (Å²) in [6.45, 7) is 6.34. The third-order valence-corrected chi connectivity index (χ3v) is 4.24. The first-order valence-electron chi connectivity index (χ1n) is 3.73. The smallest absolute Gasteiger partial charge is 0.107 e. The molecule has 0 bridgehead atoms. The van der Waals surface area contributed by atoms with E-state index in [1.165, 1.54) is 15.6 Å². The van der Waals surface area contributed by atoms with E-state index >= 15 is 0 Å². The Labute approximate surface area is 80.0 Å². The van der Waals surface area contributed by atoms with Crippen LogP contribution in [0.15, 0.2) is 0 Å². The van der Waals surface area contributed by atoms with Gasteiger partial charge in [-0.05, 0) is 20.3 Å². The Hall–Kier alpha value is 0.110. The van der Waals surface area contributed by atoms with Crippen molar-refractivity contribution in [2.45, 2.75) is 32.0 Å². The number of nitrogens with zero attached hydrogens (tertiary/aromatic N) is 1. The maximum Gasteiger partial charge on any atom is 0.107 e. The van der Waals surface area contributed by atoms with Crippen LogP contribution in [-0.2, 0) is 0 Å². The summed E-state index contributed by atoms with van der Waals surface area (Å²) < 4.78 is 0. The number of aromatic nitrogens is 1. The SMILES string of the molecule is CCC(Br)c1nc(C)c(C)s1. The molecule has 0 saturated carbocycles. The Morgan fingerprint density at radius 3 is 2.55 bits per heavy atom. The van der Waals surface area contributed by atoms with Crippen molar-refractivity contribution in [3.63, 3.8) is 0 Å². The highest BCUT2D eigenvalue weighted by Gasteiger charge is 2.10. The molecule has 0 aliphatic carbocycles. The van der Waals surface area contributed by atoms with E-state index in [2.05, 4.69) is 41.7 Å². The first-order valence-corrected chi connectivity index (χ1v) is 5.46. The van der Waals surface area contributed by atoms with Gasteiger partial charge in [-0.2, -0.15) is 0 Å². The van der Waals surface area contributed by atoms with Crippen LogP contribution in [0.25, 0.3) is 0 Å². The van der Waals surface area contributed by atoms with E-state index < -0.39 is 0 Å².